The van der Waals surface area contributed by atoms with Crippen LogP contribution in [0, 0.1) is 11.6 Å². The van der Waals surface area contributed by atoms with Crippen LogP contribution in [0.25, 0.3) is 5.57 Å². The molecule has 1 aliphatic heterocycles. The Balaban J connectivity index is 1.70. The first-order valence-corrected chi connectivity index (χ1v) is 12.1. The Labute approximate surface area is 193 Å². The van der Waals surface area contributed by atoms with Crippen LogP contribution in [0.15, 0.2) is 59.5 Å². The predicted octanol–water partition coefficient (Wildman–Crippen LogP) is 4.08. The molecule has 0 spiro atoms. The van der Waals surface area contributed by atoms with Crippen molar-refractivity contribution < 1.29 is 27.0 Å². The molecule has 1 unspecified atom stereocenters. The first kappa shape index (κ1) is 25.0. The summed E-state index contributed by atoms with van der Waals surface area (Å²) < 4.78 is 60.3. The molecule has 0 saturated carbocycles. The van der Waals surface area contributed by atoms with Crippen molar-refractivity contribution in [2.75, 3.05) is 37.6 Å². The molecule has 0 amide bonds. The fourth-order valence-electron chi connectivity index (χ4n) is 3.41. The SMILES string of the molecule is C/C(=C\C=C(/C)S(=O)(=O)Nc1cccc(C(O)CN2CCOCC2)c1)c1ccc(F)cc1F. The summed E-state index contributed by atoms with van der Waals surface area (Å²) in [4.78, 5) is 2.11. The zero-order chi connectivity index (χ0) is 24.0. The van der Waals surface area contributed by atoms with Crippen LogP contribution in [-0.4, -0.2) is 51.3 Å². The molecule has 1 saturated heterocycles. The largest absolute Gasteiger partial charge is 0.387 e. The Bertz CT molecular complexity index is 1140. The number of hydrogen-bond donors (Lipinski definition) is 2. The summed E-state index contributed by atoms with van der Waals surface area (Å²) >= 11 is 0. The molecule has 0 radical (unpaired) electrons. The second kappa shape index (κ2) is 11.0. The Morgan fingerprint density at radius 1 is 1.15 bits per heavy atom. The van der Waals surface area contributed by atoms with E-state index in [4.69, 9.17) is 4.74 Å². The smallest absolute Gasteiger partial charge is 0.257 e. The van der Waals surface area contributed by atoms with E-state index >= 15 is 0 Å². The Kier molecular flexibility index (Phi) is 8.36. The maximum Gasteiger partial charge on any atom is 0.257 e. The van der Waals surface area contributed by atoms with Gasteiger partial charge in [-0.15, -0.1) is 0 Å². The number of morpholine rings is 1. The van der Waals surface area contributed by atoms with E-state index in [0.717, 1.165) is 25.2 Å². The number of ether oxygens (including phenoxy) is 1. The molecule has 1 aliphatic rings. The molecular weight excluding hydrogens is 450 g/mol. The van der Waals surface area contributed by atoms with Crippen molar-refractivity contribution in [2.24, 2.45) is 0 Å². The average Bonchev–Trinajstić information content (AvgIpc) is 2.77. The highest BCUT2D eigenvalue weighted by Gasteiger charge is 2.18. The van der Waals surface area contributed by atoms with Crippen molar-refractivity contribution in [1.29, 1.82) is 0 Å². The molecule has 2 aromatic carbocycles. The standard InChI is InChI=1S/C24H28F2N2O4S/c1-17(22-9-8-20(25)15-23(22)26)6-7-18(2)33(30,31)27-21-5-3-4-19(14-21)24(29)16-28-10-12-32-13-11-28/h3-9,14-15,24,27,29H,10-13,16H2,1-2H3/b17-6+,18-7+. The average molecular weight is 479 g/mol. The van der Waals surface area contributed by atoms with Gasteiger partial charge in [0.15, 0.2) is 0 Å². The number of β-amino-alcohol motifs (C(OH)–C–C–N with tert-alkyl or cyclic N) is 1. The molecule has 1 atom stereocenters. The van der Waals surface area contributed by atoms with Crippen molar-refractivity contribution in [3.05, 3.63) is 82.3 Å². The third-order valence-corrected chi connectivity index (χ3v) is 6.89. The van der Waals surface area contributed by atoms with Crippen LogP contribution in [0.1, 0.15) is 31.1 Å². The molecule has 178 valence electrons. The van der Waals surface area contributed by atoms with Gasteiger partial charge < -0.3 is 9.84 Å². The molecule has 0 aliphatic carbocycles. The number of nitrogens with zero attached hydrogens (tertiary/aromatic N) is 1. The summed E-state index contributed by atoms with van der Waals surface area (Å²) in [6, 6.07) is 9.86. The number of rotatable bonds is 8. The molecule has 9 heteroatoms. The number of allylic oxidation sites excluding steroid dienone is 4. The van der Waals surface area contributed by atoms with Crippen molar-refractivity contribution in [3.8, 4) is 0 Å². The highest BCUT2D eigenvalue weighted by atomic mass is 32.2. The molecule has 2 N–H and O–H groups in total. The van der Waals surface area contributed by atoms with Gasteiger partial charge in [-0.05, 0) is 55.3 Å². The zero-order valence-corrected chi connectivity index (χ0v) is 19.4. The van der Waals surface area contributed by atoms with Gasteiger partial charge in [-0.1, -0.05) is 18.2 Å². The van der Waals surface area contributed by atoms with E-state index in [1.165, 1.54) is 25.1 Å². The van der Waals surface area contributed by atoms with Gasteiger partial charge in [0.1, 0.15) is 11.6 Å². The summed E-state index contributed by atoms with van der Waals surface area (Å²) in [6.45, 7) is 6.19. The fraction of sp³-hybridized carbons (Fsp3) is 0.333. The van der Waals surface area contributed by atoms with Crippen LogP contribution in [0.3, 0.4) is 0 Å². The molecule has 2 aromatic rings. The molecule has 33 heavy (non-hydrogen) atoms. The van der Waals surface area contributed by atoms with Crippen LogP contribution < -0.4 is 4.72 Å². The van der Waals surface area contributed by atoms with Gasteiger partial charge in [-0.2, -0.15) is 0 Å². The fourth-order valence-corrected chi connectivity index (χ4v) is 4.26. The molecule has 3 rings (SSSR count). The molecule has 6 nitrogen and oxygen atoms in total. The summed E-state index contributed by atoms with van der Waals surface area (Å²) in [5.41, 5.74) is 1.57. The van der Waals surface area contributed by atoms with Crippen LogP contribution in [0.5, 0.6) is 0 Å². The number of hydrogen-bond acceptors (Lipinski definition) is 5. The van der Waals surface area contributed by atoms with Crippen molar-refractivity contribution in [1.82, 2.24) is 4.90 Å². The molecule has 0 bridgehead atoms. The van der Waals surface area contributed by atoms with Gasteiger partial charge in [-0.3, -0.25) is 9.62 Å². The summed E-state index contributed by atoms with van der Waals surface area (Å²) in [6.07, 6.45) is 2.06. The van der Waals surface area contributed by atoms with Crippen LogP contribution in [-0.2, 0) is 14.8 Å². The zero-order valence-electron chi connectivity index (χ0n) is 18.6. The predicted molar refractivity (Wildman–Crippen MR) is 125 cm³/mol. The summed E-state index contributed by atoms with van der Waals surface area (Å²) in [5, 5.41) is 10.6. The number of aliphatic hydroxyl groups excluding tert-OH is 1. The lowest BCUT2D eigenvalue weighted by Gasteiger charge is -2.28. The van der Waals surface area contributed by atoms with Crippen molar-refractivity contribution >= 4 is 21.3 Å². The van der Waals surface area contributed by atoms with Gasteiger partial charge in [-0.25, -0.2) is 17.2 Å². The summed E-state index contributed by atoms with van der Waals surface area (Å²) in [7, 11) is -3.87. The number of benzene rings is 2. The van der Waals surface area contributed by atoms with Crippen molar-refractivity contribution in [3.63, 3.8) is 0 Å². The monoisotopic (exact) mass is 478 g/mol. The first-order chi connectivity index (χ1) is 15.7. The topological polar surface area (TPSA) is 78.9 Å². The highest BCUT2D eigenvalue weighted by molar-refractivity contribution is 7.96. The Morgan fingerprint density at radius 3 is 2.58 bits per heavy atom. The quantitative estimate of drug-likeness (QED) is 0.559. The van der Waals surface area contributed by atoms with Crippen LogP contribution in [0.4, 0.5) is 14.5 Å². The van der Waals surface area contributed by atoms with E-state index in [0.29, 0.717) is 36.6 Å². The van der Waals surface area contributed by atoms with Gasteiger partial charge >= 0.3 is 0 Å². The number of anilines is 1. The lowest BCUT2D eigenvalue weighted by atomic mass is 10.1. The molecular formula is C24H28F2N2O4S. The molecule has 0 aromatic heterocycles. The number of aliphatic hydroxyl groups is 1. The van der Waals surface area contributed by atoms with Crippen molar-refractivity contribution in [2.45, 2.75) is 20.0 Å². The maximum atomic E-state index is 13.9. The molecule has 1 fully saturated rings. The van der Waals surface area contributed by atoms with E-state index in [2.05, 4.69) is 9.62 Å². The van der Waals surface area contributed by atoms with Crippen LogP contribution in [0.2, 0.25) is 0 Å². The second-order valence-electron chi connectivity index (χ2n) is 7.91. The second-order valence-corrected chi connectivity index (χ2v) is 9.77. The van der Waals surface area contributed by atoms with E-state index in [1.54, 1.807) is 31.2 Å². The van der Waals surface area contributed by atoms with E-state index in [-0.39, 0.29) is 10.5 Å². The first-order valence-electron chi connectivity index (χ1n) is 10.6. The third-order valence-electron chi connectivity index (χ3n) is 5.41. The lowest BCUT2D eigenvalue weighted by Crippen LogP contribution is -2.38. The van der Waals surface area contributed by atoms with E-state index < -0.39 is 27.8 Å². The number of nitrogens with one attached hydrogen (secondary N) is 1. The summed E-state index contributed by atoms with van der Waals surface area (Å²) in [5.74, 6) is -1.40. The lowest BCUT2D eigenvalue weighted by molar-refractivity contribution is 0.0143. The van der Waals surface area contributed by atoms with E-state index in [1.807, 2.05) is 0 Å². The Morgan fingerprint density at radius 2 is 1.88 bits per heavy atom. The van der Waals surface area contributed by atoms with Gasteiger partial charge in [0, 0.05) is 37.0 Å². The minimum absolute atomic E-state index is 0.0173. The normalized spacial score (nSPS) is 17.1. The minimum Gasteiger partial charge on any atom is -0.387 e. The molecule has 1 heterocycles. The third kappa shape index (κ3) is 6.94. The minimum atomic E-state index is -3.87. The number of sulfonamides is 1. The number of halogens is 2. The highest BCUT2D eigenvalue weighted by Crippen LogP contribution is 2.23. The maximum absolute atomic E-state index is 13.9. The van der Waals surface area contributed by atoms with Gasteiger partial charge in [0.2, 0.25) is 0 Å². The van der Waals surface area contributed by atoms with E-state index in [9.17, 15) is 22.3 Å². The van der Waals surface area contributed by atoms with Gasteiger partial charge in [0.25, 0.3) is 10.0 Å². The van der Waals surface area contributed by atoms with Crippen LogP contribution >= 0.6 is 0 Å². The van der Waals surface area contributed by atoms with Gasteiger partial charge in [0.05, 0.1) is 24.2 Å². The Hall–Kier alpha value is -2.59.